The molecule has 2 rings (SSSR count). The second-order valence-electron chi connectivity index (χ2n) is 4.67. The van der Waals surface area contributed by atoms with Gasteiger partial charge in [0.1, 0.15) is 11.6 Å². The molecule has 0 unspecified atom stereocenters. The minimum Gasteiger partial charge on any atom is -0.382 e. The first-order valence-electron chi connectivity index (χ1n) is 6.22. The molecule has 98 valence electrons. The van der Waals surface area contributed by atoms with E-state index < -0.39 is 0 Å². The van der Waals surface area contributed by atoms with Crippen LogP contribution in [-0.4, -0.2) is 35.5 Å². The fraction of sp³-hybridized carbons (Fsp3) is 0.583. The lowest BCUT2D eigenvalue weighted by Gasteiger charge is -2.32. The maximum atomic E-state index is 10.9. The monoisotopic (exact) mass is 249 g/mol. The standard InChI is InChI=1S/C12H19N5O/c1-9(18)14-6-10-2-4-17(5-3-10)12-8-15-11(13)7-16-12/h7-8,10H,2-6H2,1H3,(H2,13,15)(H,14,18). The van der Waals surface area contributed by atoms with Gasteiger partial charge in [-0.2, -0.15) is 0 Å². The van der Waals surface area contributed by atoms with E-state index >= 15 is 0 Å². The number of piperidine rings is 1. The van der Waals surface area contributed by atoms with Gasteiger partial charge in [-0.15, -0.1) is 0 Å². The summed E-state index contributed by atoms with van der Waals surface area (Å²) in [5, 5.41) is 2.88. The summed E-state index contributed by atoms with van der Waals surface area (Å²) in [5.74, 6) is 1.93. The minimum absolute atomic E-state index is 0.0434. The van der Waals surface area contributed by atoms with Gasteiger partial charge in [0.2, 0.25) is 5.91 Å². The molecule has 1 fully saturated rings. The number of anilines is 2. The van der Waals surface area contributed by atoms with Gasteiger partial charge in [-0.1, -0.05) is 0 Å². The lowest BCUT2D eigenvalue weighted by molar-refractivity contribution is -0.119. The van der Waals surface area contributed by atoms with Gasteiger partial charge in [0.05, 0.1) is 12.4 Å². The van der Waals surface area contributed by atoms with Crippen molar-refractivity contribution in [3.05, 3.63) is 12.4 Å². The summed E-state index contributed by atoms with van der Waals surface area (Å²) in [4.78, 5) is 21.4. The summed E-state index contributed by atoms with van der Waals surface area (Å²) < 4.78 is 0. The largest absolute Gasteiger partial charge is 0.382 e. The van der Waals surface area contributed by atoms with Gasteiger partial charge in [0.25, 0.3) is 0 Å². The number of carbonyl (C=O) groups excluding carboxylic acids is 1. The van der Waals surface area contributed by atoms with E-state index in [1.54, 1.807) is 19.3 Å². The Kier molecular flexibility index (Phi) is 3.96. The predicted molar refractivity (Wildman–Crippen MR) is 70.1 cm³/mol. The van der Waals surface area contributed by atoms with E-state index in [0.29, 0.717) is 11.7 Å². The molecule has 0 bridgehead atoms. The number of rotatable bonds is 3. The molecule has 0 atom stereocenters. The van der Waals surface area contributed by atoms with Crippen LogP contribution in [0.15, 0.2) is 12.4 Å². The molecule has 0 spiro atoms. The molecule has 1 aromatic rings. The van der Waals surface area contributed by atoms with Crippen LogP contribution in [0.25, 0.3) is 0 Å². The number of amides is 1. The van der Waals surface area contributed by atoms with Crippen molar-refractivity contribution in [3.63, 3.8) is 0 Å². The van der Waals surface area contributed by atoms with Crippen LogP contribution < -0.4 is 16.0 Å². The minimum atomic E-state index is 0.0434. The molecule has 0 aliphatic carbocycles. The number of nitrogens with two attached hydrogens (primary N) is 1. The van der Waals surface area contributed by atoms with Crippen molar-refractivity contribution in [2.75, 3.05) is 30.3 Å². The molecule has 1 saturated heterocycles. The number of hydrogen-bond donors (Lipinski definition) is 2. The van der Waals surface area contributed by atoms with Crippen LogP contribution in [0.4, 0.5) is 11.6 Å². The average Bonchev–Trinajstić information content (AvgIpc) is 2.38. The quantitative estimate of drug-likeness (QED) is 0.810. The molecule has 6 nitrogen and oxygen atoms in total. The van der Waals surface area contributed by atoms with Gasteiger partial charge in [0.15, 0.2) is 0 Å². The van der Waals surface area contributed by atoms with E-state index in [1.807, 2.05) is 0 Å². The molecule has 1 amide bonds. The highest BCUT2D eigenvalue weighted by atomic mass is 16.1. The smallest absolute Gasteiger partial charge is 0.216 e. The van der Waals surface area contributed by atoms with E-state index in [1.165, 1.54) is 0 Å². The zero-order valence-corrected chi connectivity index (χ0v) is 10.6. The SMILES string of the molecule is CC(=O)NCC1CCN(c2cnc(N)cn2)CC1. The summed E-state index contributed by atoms with van der Waals surface area (Å²) in [6, 6.07) is 0. The van der Waals surface area contributed by atoms with Gasteiger partial charge in [-0.3, -0.25) is 4.79 Å². The van der Waals surface area contributed by atoms with Crippen molar-refractivity contribution in [1.82, 2.24) is 15.3 Å². The van der Waals surface area contributed by atoms with Crippen LogP contribution in [-0.2, 0) is 4.79 Å². The highest BCUT2D eigenvalue weighted by molar-refractivity contribution is 5.72. The Morgan fingerprint density at radius 1 is 1.44 bits per heavy atom. The summed E-state index contributed by atoms with van der Waals surface area (Å²) in [7, 11) is 0. The van der Waals surface area contributed by atoms with Crippen molar-refractivity contribution >= 4 is 17.5 Å². The highest BCUT2D eigenvalue weighted by Gasteiger charge is 2.20. The van der Waals surface area contributed by atoms with Crippen LogP contribution in [0.2, 0.25) is 0 Å². The third-order valence-corrected chi connectivity index (χ3v) is 3.24. The van der Waals surface area contributed by atoms with E-state index in [0.717, 1.165) is 38.3 Å². The molecular weight excluding hydrogens is 230 g/mol. The Morgan fingerprint density at radius 2 is 2.17 bits per heavy atom. The van der Waals surface area contributed by atoms with Gasteiger partial charge < -0.3 is 16.0 Å². The van der Waals surface area contributed by atoms with Gasteiger partial charge in [-0.25, -0.2) is 9.97 Å². The Labute approximate surface area is 107 Å². The maximum absolute atomic E-state index is 10.9. The second-order valence-corrected chi connectivity index (χ2v) is 4.67. The Bertz CT molecular complexity index is 397. The zero-order chi connectivity index (χ0) is 13.0. The van der Waals surface area contributed by atoms with Gasteiger partial charge in [0, 0.05) is 26.6 Å². The van der Waals surface area contributed by atoms with E-state index in [2.05, 4.69) is 20.2 Å². The summed E-state index contributed by atoms with van der Waals surface area (Å²) in [6.45, 7) is 4.22. The molecular formula is C12H19N5O. The number of hydrogen-bond acceptors (Lipinski definition) is 5. The van der Waals surface area contributed by atoms with Crippen LogP contribution in [0.3, 0.4) is 0 Å². The molecule has 0 saturated carbocycles. The van der Waals surface area contributed by atoms with Crippen LogP contribution in [0.1, 0.15) is 19.8 Å². The third-order valence-electron chi connectivity index (χ3n) is 3.24. The van der Waals surface area contributed by atoms with E-state index in [4.69, 9.17) is 5.73 Å². The average molecular weight is 249 g/mol. The fourth-order valence-corrected chi connectivity index (χ4v) is 2.15. The molecule has 1 aliphatic rings. The van der Waals surface area contributed by atoms with Crippen molar-refractivity contribution in [2.45, 2.75) is 19.8 Å². The van der Waals surface area contributed by atoms with E-state index in [-0.39, 0.29) is 5.91 Å². The Morgan fingerprint density at radius 3 is 2.72 bits per heavy atom. The molecule has 0 aromatic carbocycles. The summed E-state index contributed by atoms with van der Waals surface area (Å²) >= 11 is 0. The highest BCUT2D eigenvalue weighted by Crippen LogP contribution is 2.20. The first-order chi connectivity index (χ1) is 8.65. The van der Waals surface area contributed by atoms with E-state index in [9.17, 15) is 4.79 Å². The first kappa shape index (κ1) is 12.6. The normalized spacial score (nSPS) is 16.6. The molecule has 1 aromatic heterocycles. The van der Waals surface area contributed by atoms with Gasteiger partial charge >= 0.3 is 0 Å². The molecule has 18 heavy (non-hydrogen) atoms. The Hall–Kier alpha value is -1.85. The Balaban J connectivity index is 1.83. The fourth-order valence-electron chi connectivity index (χ4n) is 2.15. The molecule has 0 radical (unpaired) electrons. The second kappa shape index (κ2) is 5.66. The lowest BCUT2D eigenvalue weighted by atomic mass is 9.97. The topological polar surface area (TPSA) is 84.1 Å². The number of carbonyl (C=O) groups is 1. The summed E-state index contributed by atoms with van der Waals surface area (Å²) in [5.41, 5.74) is 5.51. The lowest BCUT2D eigenvalue weighted by Crippen LogP contribution is -2.38. The molecule has 1 aliphatic heterocycles. The number of nitrogens with zero attached hydrogens (tertiary/aromatic N) is 3. The maximum Gasteiger partial charge on any atom is 0.216 e. The number of nitrogen functional groups attached to an aromatic ring is 1. The van der Waals surface area contributed by atoms with Gasteiger partial charge in [-0.05, 0) is 18.8 Å². The first-order valence-corrected chi connectivity index (χ1v) is 6.22. The molecule has 3 N–H and O–H groups in total. The number of nitrogens with one attached hydrogen (secondary N) is 1. The van der Waals surface area contributed by atoms with Crippen LogP contribution in [0, 0.1) is 5.92 Å². The third kappa shape index (κ3) is 3.32. The van der Waals surface area contributed by atoms with Crippen molar-refractivity contribution < 1.29 is 4.79 Å². The zero-order valence-electron chi connectivity index (χ0n) is 10.6. The molecule has 2 heterocycles. The summed E-state index contributed by atoms with van der Waals surface area (Å²) in [6.07, 6.45) is 5.42. The van der Waals surface area contributed by atoms with Crippen LogP contribution >= 0.6 is 0 Å². The van der Waals surface area contributed by atoms with Crippen molar-refractivity contribution in [1.29, 1.82) is 0 Å². The van der Waals surface area contributed by atoms with Crippen molar-refractivity contribution in [2.24, 2.45) is 5.92 Å². The van der Waals surface area contributed by atoms with Crippen LogP contribution in [0.5, 0.6) is 0 Å². The van der Waals surface area contributed by atoms with Crippen molar-refractivity contribution in [3.8, 4) is 0 Å². The predicted octanol–water partition coefficient (Wildman–Crippen LogP) is 0.411. The molecule has 6 heteroatoms. The number of aromatic nitrogens is 2.